The first-order valence-corrected chi connectivity index (χ1v) is 7.03. The Kier molecular flexibility index (Phi) is 4.84. The van der Waals surface area contributed by atoms with Gasteiger partial charge in [0.1, 0.15) is 11.5 Å². The van der Waals surface area contributed by atoms with Crippen molar-refractivity contribution in [2.75, 3.05) is 26.7 Å². The summed E-state index contributed by atoms with van der Waals surface area (Å²) < 4.78 is 0. The quantitative estimate of drug-likeness (QED) is 0.846. The molecule has 1 aromatic rings. The molecule has 0 aliphatic carbocycles. The molecule has 1 fully saturated rings. The van der Waals surface area contributed by atoms with E-state index in [4.69, 9.17) is 0 Å². The third-order valence-electron chi connectivity index (χ3n) is 3.50. The lowest BCUT2D eigenvalue weighted by Crippen LogP contribution is -2.32. The third kappa shape index (κ3) is 3.63. The smallest absolute Gasteiger partial charge is 0.270 e. The predicted octanol–water partition coefficient (Wildman–Crippen LogP) is 1.51. The molecule has 0 aromatic carbocycles. The summed E-state index contributed by atoms with van der Waals surface area (Å²) in [6.07, 6.45) is 3.89. The van der Waals surface area contributed by atoms with Crippen molar-refractivity contribution < 1.29 is 4.79 Å². The highest BCUT2D eigenvalue weighted by atomic mass is 16.1. The van der Waals surface area contributed by atoms with Gasteiger partial charge >= 0.3 is 0 Å². The predicted molar refractivity (Wildman–Crippen MR) is 78.8 cm³/mol. The Morgan fingerprint density at radius 2 is 2.40 bits per heavy atom. The van der Waals surface area contributed by atoms with Gasteiger partial charge in [-0.05, 0) is 39.4 Å². The average Bonchev–Trinajstić information content (AvgIpc) is 2.44. The van der Waals surface area contributed by atoms with Gasteiger partial charge in [-0.25, -0.2) is 9.97 Å². The van der Waals surface area contributed by atoms with Crippen LogP contribution >= 0.6 is 0 Å². The second-order valence-electron chi connectivity index (χ2n) is 5.35. The van der Waals surface area contributed by atoms with Crippen LogP contribution in [0, 0.1) is 6.92 Å². The fourth-order valence-corrected chi connectivity index (χ4v) is 2.52. The Bertz CT molecular complexity index is 501. The molecule has 1 atom stereocenters. The molecule has 0 bridgehead atoms. The number of aromatic nitrogens is 2. The van der Waals surface area contributed by atoms with E-state index in [1.54, 1.807) is 12.1 Å². The topological polar surface area (TPSA) is 58.1 Å². The Morgan fingerprint density at radius 3 is 3.10 bits per heavy atom. The summed E-state index contributed by atoms with van der Waals surface area (Å²) in [4.78, 5) is 23.3. The molecule has 108 valence electrons. The lowest BCUT2D eigenvalue weighted by molar-refractivity contribution is 0.0952. The lowest BCUT2D eigenvalue weighted by Gasteiger charge is -2.28. The van der Waals surface area contributed by atoms with Crippen LogP contribution < -0.4 is 5.32 Å². The second-order valence-corrected chi connectivity index (χ2v) is 5.35. The van der Waals surface area contributed by atoms with Crippen molar-refractivity contribution in [3.63, 3.8) is 0 Å². The van der Waals surface area contributed by atoms with E-state index < -0.39 is 0 Å². The maximum atomic E-state index is 12.0. The number of rotatable bonds is 4. The van der Waals surface area contributed by atoms with Crippen LogP contribution in [0.25, 0.3) is 0 Å². The molecule has 20 heavy (non-hydrogen) atoms. The van der Waals surface area contributed by atoms with Crippen LogP contribution in [0.5, 0.6) is 0 Å². The number of likely N-dealkylation sites (N-methyl/N-ethyl adjacent to an activating group) is 1. The molecule has 0 unspecified atom stereocenters. The fraction of sp³-hybridized carbons (Fsp3) is 0.533. The highest BCUT2D eigenvalue weighted by molar-refractivity contribution is 5.92. The van der Waals surface area contributed by atoms with Gasteiger partial charge in [0, 0.05) is 24.7 Å². The standard InChI is InChI=1S/C15H22N4O/c1-4-7-16-15(20)13-9-11(2)17-14(18-13)12-6-5-8-19(3)10-12/h4,9,12H,1,5-8,10H2,2-3H3,(H,16,20)/t12-/m1/s1. The monoisotopic (exact) mass is 274 g/mol. The molecule has 0 radical (unpaired) electrons. The van der Waals surface area contributed by atoms with Crippen LogP contribution in [0.4, 0.5) is 0 Å². The number of carbonyl (C=O) groups is 1. The Labute approximate surface area is 120 Å². The SMILES string of the molecule is C=CCNC(=O)c1cc(C)nc([C@@H]2CCCN(C)C2)n1. The number of amides is 1. The Morgan fingerprint density at radius 1 is 1.60 bits per heavy atom. The van der Waals surface area contributed by atoms with E-state index in [1.807, 2.05) is 6.92 Å². The summed E-state index contributed by atoms with van der Waals surface area (Å²) in [5.74, 6) is 0.945. The molecule has 1 aliphatic rings. The van der Waals surface area contributed by atoms with Crippen molar-refractivity contribution in [1.29, 1.82) is 0 Å². The van der Waals surface area contributed by atoms with Crippen molar-refractivity contribution in [2.45, 2.75) is 25.7 Å². The molecule has 1 saturated heterocycles. The lowest BCUT2D eigenvalue weighted by atomic mass is 9.97. The largest absolute Gasteiger partial charge is 0.347 e. The molecule has 1 aromatic heterocycles. The van der Waals surface area contributed by atoms with E-state index >= 15 is 0 Å². The molecular formula is C15H22N4O. The number of piperidine rings is 1. The van der Waals surface area contributed by atoms with E-state index in [9.17, 15) is 4.79 Å². The van der Waals surface area contributed by atoms with Crippen LogP contribution in [0.2, 0.25) is 0 Å². The molecule has 2 heterocycles. The Hall–Kier alpha value is -1.75. The number of hydrogen-bond donors (Lipinski definition) is 1. The molecular weight excluding hydrogens is 252 g/mol. The van der Waals surface area contributed by atoms with Crippen LogP contribution in [0.3, 0.4) is 0 Å². The van der Waals surface area contributed by atoms with Gasteiger partial charge in [0.25, 0.3) is 5.91 Å². The van der Waals surface area contributed by atoms with Crippen LogP contribution in [-0.4, -0.2) is 47.5 Å². The highest BCUT2D eigenvalue weighted by Gasteiger charge is 2.22. The summed E-state index contributed by atoms with van der Waals surface area (Å²) in [6.45, 7) is 8.02. The number of nitrogens with zero attached hydrogens (tertiary/aromatic N) is 3. The van der Waals surface area contributed by atoms with Gasteiger partial charge in [0.15, 0.2) is 0 Å². The zero-order valence-corrected chi connectivity index (χ0v) is 12.2. The van der Waals surface area contributed by atoms with E-state index in [1.165, 1.54) is 0 Å². The molecule has 2 rings (SSSR count). The second kappa shape index (κ2) is 6.61. The molecule has 0 spiro atoms. The van der Waals surface area contributed by atoms with Crippen LogP contribution in [0.15, 0.2) is 18.7 Å². The maximum absolute atomic E-state index is 12.0. The van der Waals surface area contributed by atoms with Gasteiger partial charge < -0.3 is 10.2 Å². The summed E-state index contributed by atoms with van der Waals surface area (Å²) in [5, 5.41) is 2.76. The van der Waals surface area contributed by atoms with Gasteiger partial charge in [-0.15, -0.1) is 6.58 Å². The van der Waals surface area contributed by atoms with Crippen molar-refractivity contribution in [3.05, 3.63) is 35.9 Å². The van der Waals surface area contributed by atoms with Gasteiger partial charge in [0.2, 0.25) is 0 Å². The Balaban J connectivity index is 2.19. The van der Waals surface area contributed by atoms with Gasteiger partial charge in [-0.1, -0.05) is 6.08 Å². The van der Waals surface area contributed by atoms with Crippen LogP contribution in [-0.2, 0) is 0 Å². The van der Waals surface area contributed by atoms with E-state index in [0.717, 1.165) is 37.4 Å². The maximum Gasteiger partial charge on any atom is 0.270 e. The first-order chi connectivity index (χ1) is 9.60. The van der Waals surface area contributed by atoms with E-state index in [0.29, 0.717) is 18.2 Å². The van der Waals surface area contributed by atoms with E-state index in [-0.39, 0.29) is 5.91 Å². The molecule has 5 heteroatoms. The van der Waals surface area contributed by atoms with Crippen molar-refractivity contribution in [3.8, 4) is 0 Å². The molecule has 1 N–H and O–H groups in total. The minimum absolute atomic E-state index is 0.166. The summed E-state index contributed by atoms with van der Waals surface area (Å²) in [7, 11) is 2.11. The minimum Gasteiger partial charge on any atom is -0.347 e. The zero-order chi connectivity index (χ0) is 14.5. The number of hydrogen-bond acceptors (Lipinski definition) is 4. The first-order valence-electron chi connectivity index (χ1n) is 7.03. The molecule has 0 saturated carbocycles. The molecule has 1 amide bonds. The van der Waals surface area contributed by atoms with Gasteiger partial charge in [-0.2, -0.15) is 0 Å². The number of carbonyl (C=O) groups excluding carboxylic acids is 1. The third-order valence-corrected chi connectivity index (χ3v) is 3.50. The van der Waals surface area contributed by atoms with Crippen LogP contribution in [0.1, 0.15) is 40.8 Å². The zero-order valence-electron chi connectivity index (χ0n) is 12.2. The highest BCUT2D eigenvalue weighted by Crippen LogP contribution is 2.23. The van der Waals surface area contributed by atoms with E-state index in [2.05, 4.69) is 33.8 Å². The fourth-order valence-electron chi connectivity index (χ4n) is 2.52. The first kappa shape index (κ1) is 14.7. The molecule has 1 aliphatic heterocycles. The molecule has 5 nitrogen and oxygen atoms in total. The van der Waals surface area contributed by atoms with Crippen molar-refractivity contribution in [1.82, 2.24) is 20.2 Å². The summed E-state index contributed by atoms with van der Waals surface area (Å²) in [6, 6.07) is 1.73. The van der Waals surface area contributed by atoms with Crippen molar-refractivity contribution >= 4 is 5.91 Å². The number of nitrogens with one attached hydrogen (secondary N) is 1. The van der Waals surface area contributed by atoms with Gasteiger partial charge in [-0.3, -0.25) is 4.79 Å². The average molecular weight is 274 g/mol. The van der Waals surface area contributed by atoms with Crippen molar-refractivity contribution in [2.24, 2.45) is 0 Å². The number of aryl methyl sites for hydroxylation is 1. The number of likely N-dealkylation sites (tertiary alicyclic amines) is 1. The summed E-state index contributed by atoms with van der Waals surface area (Å²) >= 11 is 0. The normalized spacial score (nSPS) is 19.6. The van der Waals surface area contributed by atoms with Gasteiger partial charge in [0.05, 0.1) is 0 Å². The summed E-state index contributed by atoms with van der Waals surface area (Å²) in [5.41, 5.74) is 1.29. The minimum atomic E-state index is -0.166.